The molecule has 0 spiro atoms. The highest BCUT2D eigenvalue weighted by Gasteiger charge is 2.22. The lowest BCUT2D eigenvalue weighted by molar-refractivity contribution is -0.121. The van der Waals surface area contributed by atoms with E-state index in [0.717, 1.165) is 146 Å². The third-order valence-electron chi connectivity index (χ3n) is 12.7. The minimum absolute atomic E-state index is 0.00926. The van der Waals surface area contributed by atoms with Crippen LogP contribution in [0.3, 0.4) is 0 Å². The molecule has 0 amide bonds. The predicted molar refractivity (Wildman–Crippen MR) is 274 cm³/mol. The minimum atomic E-state index is -0.125. The SMILES string of the molecule is CC1=C(O)C(=O)CC1.CC1=CC(=O)CC1.CC1=CCCC1=O.CC1CCCC1=O.CCC1=CC(=O)CC1.CCC1CCCC1=O.O=C1C=CC(=O)C1.O=C1C=CCC1.O=C1CCC=C1O.O=C1CCCC1. The van der Waals surface area contributed by atoms with Gasteiger partial charge in [-0.3, -0.25) is 52.7 Å². The third-order valence-corrected chi connectivity index (χ3v) is 12.7. The summed E-state index contributed by atoms with van der Waals surface area (Å²) in [6.07, 6.45) is 34.9. The molecule has 0 saturated heterocycles. The maximum atomic E-state index is 10.8. The lowest BCUT2D eigenvalue weighted by Gasteiger charge is -1.98. The van der Waals surface area contributed by atoms with Gasteiger partial charge in [-0.25, -0.2) is 0 Å². The number of carbonyl (C=O) groups is 11. The van der Waals surface area contributed by atoms with Gasteiger partial charge >= 0.3 is 0 Å². The summed E-state index contributed by atoms with van der Waals surface area (Å²) in [6, 6.07) is 0. The van der Waals surface area contributed by atoms with Crippen LogP contribution in [0.4, 0.5) is 0 Å². The fraction of sp³-hybridized carbons (Fsp3) is 0.569. The molecule has 13 heteroatoms. The molecule has 0 aromatic rings. The molecule has 2 N–H and O–H groups in total. The first-order chi connectivity index (χ1) is 33.7. The highest BCUT2D eigenvalue weighted by Crippen LogP contribution is 2.24. The quantitative estimate of drug-likeness (QED) is 0.246. The van der Waals surface area contributed by atoms with E-state index in [2.05, 4.69) is 13.8 Å². The van der Waals surface area contributed by atoms with Crippen molar-refractivity contribution < 1.29 is 63.0 Å². The number of rotatable bonds is 2. The second-order valence-corrected chi connectivity index (χ2v) is 18.9. The van der Waals surface area contributed by atoms with E-state index < -0.39 is 0 Å². The summed E-state index contributed by atoms with van der Waals surface area (Å²) in [7, 11) is 0. The second-order valence-electron chi connectivity index (χ2n) is 18.9. The van der Waals surface area contributed by atoms with Crippen LogP contribution in [-0.2, 0) is 52.7 Å². The average molecular weight is 985 g/mol. The van der Waals surface area contributed by atoms with Crippen molar-refractivity contribution >= 4 is 63.6 Å². The number of ketones is 11. The van der Waals surface area contributed by atoms with Crippen molar-refractivity contribution in [3.8, 4) is 0 Å². The van der Waals surface area contributed by atoms with Gasteiger partial charge in [-0.15, -0.1) is 0 Å². The second kappa shape index (κ2) is 36.1. The first-order valence-corrected chi connectivity index (χ1v) is 25.6. The van der Waals surface area contributed by atoms with Crippen LogP contribution in [-0.4, -0.2) is 73.8 Å². The maximum absolute atomic E-state index is 10.8. The van der Waals surface area contributed by atoms with Crippen LogP contribution in [0.15, 0.2) is 82.4 Å². The summed E-state index contributed by atoms with van der Waals surface area (Å²) >= 11 is 0. The molecule has 13 nitrogen and oxygen atoms in total. The number of allylic oxidation sites excluding steroid dienone is 14. The van der Waals surface area contributed by atoms with Gasteiger partial charge in [0, 0.05) is 76.0 Å². The number of Topliss-reactive ketones (excluding diaryl/α,β-unsaturated/α-hetero) is 6. The Balaban J connectivity index is 0.000000395. The van der Waals surface area contributed by atoms with Gasteiger partial charge < -0.3 is 10.2 Å². The van der Waals surface area contributed by atoms with Crippen molar-refractivity contribution in [2.45, 2.75) is 202 Å². The Morgan fingerprint density at radius 3 is 1.27 bits per heavy atom. The van der Waals surface area contributed by atoms with Crippen LogP contribution >= 0.6 is 0 Å². The summed E-state index contributed by atoms with van der Waals surface area (Å²) in [5, 5.41) is 17.3. The smallest absolute Gasteiger partial charge is 0.197 e. The molecule has 2 unspecified atom stereocenters. The molecular formula is C58H80O13. The van der Waals surface area contributed by atoms with Gasteiger partial charge in [-0.05, 0) is 158 Å². The Morgan fingerprint density at radius 1 is 0.507 bits per heavy atom. The fourth-order valence-corrected chi connectivity index (χ4v) is 7.84. The van der Waals surface area contributed by atoms with Gasteiger partial charge in [0.15, 0.2) is 57.8 Å². The molecule has 0 aromatic heterocycles. The topological polar surface area (TPSA) is 228 Å². The molecule has 10 aliphatic rings. The zero-order chi connectivity index (χ0) is 53.3. The van der Waals surface area contributed by atoms with Gasteiger partial charge in [-0.2, -0.15) is 0 Å². The lowest BCUT2D eigenvalue weighted by Crippen LogP contribution is -2.03. The number of aliphatic hydroxyl groups is 2. The highest BCUT2D eigenvalue weighted by atomic mass is 16.3. The normalized spacial score (nSPS) is 22.2. The molecule has 3 saturated carbocycles. The Bertz CT molecular complexity index is 2070. The van der Waals surface area contributed by atoms with E-state index in [9.17, 15) is 52.7 Å². The van der Waals surface area contributed by atoms with Gasteiger partial charge in [0.1, 0.15) is 17.3 Å². The zero-order valence-electron chi connectivity index (χ0n) is 43.3. The van der Waals surface area contributed by atoms with Crippen molar-refractivity contribution in [2.24, 2.45) is 11.8 Å². The van der Waals surface area contributed by atoms with E-state index in [0.29, 0.717) is 60.0 Å². The average Bonchev–Trinajstić information content (AvgIpc) is 4.18. The van der Waals surface area contributed by atoms with E-state index >= 15 is 0 Å². The fourth-order valence-electron chi connectivity index (χ4n) is 7.84. The van der Waals surface area contributed by atoms with Crippen molar-refractivity contribution in [3.05, 3.63) is 82.4 Å². The standard InChI is InChI=1S/C7H10O.C7H12O.C6H8O2.C6H8O.C6H10O.C6H8O.C5H4O2.C5H6O2.C5H8O.C5H6O/c1-2-6-3-4-7(8)5-6;1-2-6-4-3-5-7(6)8;1-4-2-3-5(7)6(4)8;1-5-2-3-6(7)4-5;2*1-5-3-2-4-6(5)7;6-4-1-2-5(7)3-4;6-4-2-1-3-5(4)7;2*6-5-3-1-2-4-5/h5H,2-4H2,1H3;6H,2-5H2,1H3;8H,2-3H2,1H3;4H,2-3H2,1H3;5H,2-4H2,1H3;3H,2,4H2,1H3;1-2H,3H2;2,6H,1,3H2;1-4H2;1,3H,2,4H2. The Kier molecular flexibility index (Phi) is 32.1. The molecule has 71 heavy (non-hydrogen) atoms. The van der Waals surface area contributed by atoms with Crippen molar-refractivity contribution in [1.29, 1.82) is 0 Å². The Morgan fingerprint density at radius 2 is 1.10 bits per heavy atom. The molecule has 10 aliphatic carbocycles. The summed E-state index contributed by atoms with van der Waals surface area (Å²) in [6.45, 7) is 11.8. The van der Waals surface area contributed by atoms with Crippen LogP contribution in [0, 0.1) is 11.8 Å². The summed E-state index contributed by atoms with van der Waals surface area (Å²) < 4.78 is 0. The maximum Gasteiger partial charge on any atom is 0.197 e. The Labute approximate surface area is 421 Å². The van der Waals surface area contributed by atoms with Crippen LogP contribution in [0.1, 0.15) is 202 Å². The molecule has 3 fully saturated rings. The number of hydrogen-bond acceptors (Lipinski definition) is 13. The van der Waals surface area contributed by atoms with Gasteiger partial charge in [-0.1, -0.05) is 44.1 Å². The third kappa shape index (κ3) is 29.2. The number of hydrogen-bond donors (Lipinski definition) is 2. The first kappa shape index (κ1) is 63.2. The zero-order valence-corrected chi connectivity index (χ0v) is 43.3. The first-order valence-electron chi connectivity index (χ1n) is 25.6. The summed E-state index contributed by atoms with van der Waals surface area (Å²) in [5.41, 5.74) is 4.31. The molecule has 0 aliphatic heterocycles. The van der Waals surface area contributed by atoms with Crippen LogP contribution in [0.5, 0.6) is 0 Å². The van der Waals surface area contributed by atoms with Crippen molar-refractivity contribution in [3.63, 3.8) is 0 Å². The van der Waals surface area contributed by atoms with Gasteiger partial charge in [0.2, 0.25) is 0 Å². The highest BCUT2D eigenvalue weighted by molar-refractivity contribution is 6.16. The van der Waals surface area contributed by atoms with E-state index in [1.165, 1.54) is 23.3 Å². The van der Waals surface area contributed by atoms with Crippen LogP contribution in [0.2, 0.25) is 0 Å². The lowest BCUT2D eigenvalue weighted by atomic mass is 10.1. The summed E-state index contributed by atoms with van der Waals surface area (Å²) in [5.74, 6) is 2.94. The van der Waals surface area contributed by atoms with Gasteiger partial charge in [0.05, 0.1) is 6.42 Å². The minimum Gasteiger partial charge on any atom is -0.505 e. The molecule has 0 heterocycles. The molecular weight excluding hydrogens is 905 g/mol. The van der Waals surface area contributed by atoms with Crippen molar-refractivity contribution in [1.82, 2.24) is 0 Å². The van der Waals surface area contributed by atoms with Gasteiger partial charge in [0.25, 0.3) is 0 Å². The molecule has 2 atom stereocenters. The van der Waals surface area contributed by atoms with Crippen LogP contribution in [0.25, 0.3) is 0 Å². The molecule has 0 aromatic carbocycles. The van der Waals surface area contributed by atoms with Crippen molar-refractivity contribution in [2.75, 3.05) is 0 Å². The Hall–Kier alpha value is -5.85. The molecule has 10 rings (SSSR count). The predicted octanol–water partition coefficient (Wildman–Crippen LogP) is 11.5. The van der Waals surface area contributed by atoms with E-state index in [-0.39, 0.29) is 52.6 Å². The largest absolute Gasteiger partial charge is 0.505 e. The molecule has 0 radical (unpaired) electrons. The van der Waals surface area contributed by atoms with E-state index in [1.807, 2.05) is 32.9 Å². The molecule has 0 bridgehead atoms. The van der Waals surface area contributed by atoms with E-state index in [1.54, 1.807) is 31.2 Å². The monoisotopic (exact) mass is 985 g/mol. The van der Waals surface area contributed by atoms with E-state index in [4.69, 9.17) is 10.2 Å². The summed E-state index contributed by atoms with van der Waals surface area (Å²) in [4.78, 5) is 114. The number of carbonyl (C=O) groups excluding carboxylic acids is 11. The van der Waals surface area contributed by atoms with Crippen LogP contribution < -0.4 is 0 Å². The number of aliphatic hydroxyl groups excluding tert-OH is 2. The molecule has 390 valence electrons.